The number of pyridine rings is 1. The Hall–Kier alpha value is -3.03. The number of nitrogens with zero attached hydrogens (tertiary/aromatic N) is 2. The molecule has 3 aromatic rings. The molecule has 0 saturated heterocycles. The first-order valence-corrected chi connectivity index (χ1v) is 10.2. The number of anilines is 1. The van der Waals surface area contributed by atoms with Gasteiger partial charge in [0, 0.05) is 25.0 Å². The molecule has 0 aliphatic heterocycles. The summed E-state index contributed by atoms with van der Waals surface area (Å²) in [5.41, 5.74) is 2.45. The number of nitrogens with one attached hydrogen (secondary N) is 1. The summed E-state index contributed by atoms with van der Waals surface area (Å²) in [4.78, 5) is 16.6. The van der Waals surface area contributed by atoms with Crippen LogP contribution in [0.25, 0.3) is 0 Å². The van der Waals surface area contributed by atoms with Gasteiger partial charge in [-0.15, -0.1) is 0 Å². The Bertz CT molecular complexity index is 1070. The summed E-state index contributed by atoms with van der Waals surface area (Å²) in [6.45, 7) is 2.09. The van der Waals surface area contributed by atoms with Gasteiger partial charge in [0.1, 0.15) is 5.69 Å². The monoisotopic (exact) mass is 395 g/mol. The first kappa shape index (κ1) is 19.7. The maximum atomic E-state index is 12.8. The van der Waals surface area contributed by atoms with E-state index in [1.165, 1.54) is 16.4 Å². The number of hydrogen-bond donors (Lipinski definition) is 1. The summed E-state index contributed by atoms with van der Waals surface area (Å²) >= 11 is 0. The predicted octanol–water partition coefficient (Wildman–Crippen LogP) is 3.46. The molecule has 3 rings (SSSR count). The zero-order chi connectivity index (χ0) is 20.1. The summed E-state index contributed by atoms with van der Waals surface area (Å²) in [6, 6.07) is 20.7. The predicted molar refractivity (Wildman–Crippen MR) is 108 cm³/mol. The third-order valence-corrected chi connectivity index (χ3v) is 6.01. The van der Waals surface area contributed by atoms with Crippen LogP contribution in [-0.4, -0.2) is 30.7 Å². The summed E-state index contributed by atoms with van der Waals surface area (Å²) < 4.78 is 26.8. The van der Waals surface area contributed by atoms with Crippen LogP contribution in [0.2, 0.25) is 0 Å². The van der Waals surface area contributed by atoms with Crippen molar-refractivity contribution >= 4 is 21.6 Å². The van der Waals surface area contributed by atoms with Crippen molar-refractivity contribution < 1.29 is 13.2 Å². The van der Waals surface area contributed by atoms with E-state index in [0.29, 0.717) is 11.4 Å². The van der Waals surface area contributed by atoms with Gasteiger partial charge in [0.25, 0.3) is 5.91 Å². The molecule has 2 aromatic carbocycles. The highest BCUT2D eigenvalue weighted by atomic mass is 32.2. The molecule has 0 bridgehead atoms. The number of sulfonamides is 1. The zero-order valence-electron chi connectivity index (χ0n) is 15.7. The zero-order valence-corrected chi connectivity index (χ0v) is 16.5. The Morgan fingerprint density at radius 3 is 2.29 bits per heavy atom. The molecule has 0 aliphatic rings. The van der Waals surface area contributed by atoms with Crippen molar-refractivity contribution in [3.8, 4) is 0 Å². The van der Waals surface area contributed by atoms with Crippen molar-refractivity contribution in [2.24, 2.45) is 0 Å². The van der Waals surface area contributed by atoms with Crippen LogP contribution in [0.3, 0.4) is 0 Å². The van der Waals surface area contributed by atoms with Crippen molar-refractivity contribution in [1.29, 1.82) is 0 Å². The molecule has 0 fully saturated rings. The van der Waals surface area contributed by atoms with Gasteiger partial charge in [-0.2, -0.15) is 4.31 Å². The molecule has 0 radical (unpaired) electrons. The largest absolute Gasteiger partial charge is 0.321 e. The van der Waals surface area contributed by atoms with Crippen molar-refractivity contribution in [3.63, 3.8) is 0 Å². The minimum atomic E-state index is -3.63. The quantitative estimate of drug-likeness (QED) is 0.693. The van der Waals surface area contributed by atoms with E-state index in [1.54, 1.807) is 31.3 Å². The Labute approximate surface area is 164 Å². The Balaban J connectivity index is 1.71. The third kappa shape index (κ3) is 4.62. The van der Waals surface area contributed by atoms with E-state index in [1.807, 2.05) is 43.3 Å². The number of benzene rings is 2. The molecular weight excluding hydrogens is 374 g/mol. The molecule has 1 N–H and O–H groups in total. The fourth-order valence-electron chi connectivity index (χ4n) is 2.68. The number of carbonyl (C=O) groups excluding carboxylic acids is 1. The number of hydrogen-bond acceptors (Lipinski definition) is 4. The van der Waals surface area contributed by atoms with Gasteiger partial charge < -0.3 is 5.32 Å². The van der Waals surface area contributed by atoms with Gasteiger partial charge in [-0.25, -0.2) is 13.4 Å². The molecule has 1 amide bonds. The molecule has 0 saturated carbocycles. The van der Waals surface area contributed by atoms with Crippen LogP contribution >= 0.6 is 0 Å². The fourth-order valence-corrected chi connectivity index (χ4v) is 3.84. The van der Waals surface area contributed by atoms with Crippen LogP contribution in [0.1, 0.15) is 21.7 Å². The molecule has 1 aromatic heterocycles. The van der Waals surface area contributed by atoms with Gasteiger partial charge in [-0.1, -0.05) is 36.4 Å². The molecule has 7 heteroatoms. The lowest BCUT2D eigenvalue weighted by Gasteiger charge is -2.17. The maximum Gasteiger partial charge on any atom is 0.274 e. The van der Waals surface area contributed by atoms with Crippen LogP contribution in [0.4, 0.5) is 5.69 Å². The maximum absolute atomic E-state index is 12.8. The molecule has 28 heavy (non-hydrogen) atoms. The fraction of sp³-hybridized carbons (Fsp3) is 0.143. The third-order valence-electron chi connectivity index (χ3n) is 4.19. The Morgan fingerprint density at radius 1 is 0.964 bits per heavy atom. The lowest BCUT2D eigenvalue weighted by atomic mass is 10.2. The van der Waals surface area contributed by atoms with E-state index in [9.17, 15) is 13.2 Å². The van der Waals surface area contributed by atoms with Gasteiger partial charge in [-0.05, 0) is 48.9 Å². The highest BCUT2D eigenvalue weighted by Gasteiger charge is 2.21. The summed E-state index contributed by atoms with van der Waals surface area (Å²) in [5.74, 6) is -0.347. The number of aromatic nitrogens is 1. The topological polar surface area (TPSA) is 79.4 Å². The SMILES string of the molecule is Cc1cccc(C(=O)Nc2ccc(S(=O)(=O)N(C)Cc3ccccc3)cc2)n1. The number of aryl methyl sites for hydroxylation is 1. The van der Waals surface area contributed by atoms with E-state index >= 15 is 0 Å². The second-order valence-electron chi connectivity index (χ2n) is 6.39. The average molecular weight is 395 g/mol. The second kappa shape index (κ2) is 8.33. The van der Waals surface area contributed by atoms with E-state index in [2.05, 4.69) is 10.3 Å². The van der Waals surface area contributed by atoms with Crippen LogP contribution < -0.4 is 5.32 Å². The molecule has 144 valence electrons. The highest BCUT2D eigenvalue weighted by Crippen LogP contribution is 2.19. The lowest BCUT2D eigenvalue weighted by molar-refractivity contribution is 0.102. The Morgan fingerprint density at radius 2 is 1.64 bits per heavy atom. The molecule has 6 nitrogen and oxygen atoms in total. The van der Waals surface area contributed by atoms with Crippen molar-refractivity contribution in [2.45, 2.75) is 18.4 Å². The average Bonchev–Trinajstić information content (AvgIpc) is 2.69. The standard InChI is InChI=1S/C21H21N3O3S/c1-16-7-6-10-20(22-16)21(25)23-18-11-13-19(14-12-18)28(26,27)24(2)15-17-8-4-3-5-9-17/h3-14H,15H2,1-2H3,(H,23,25). The van der Waals surface area contributed by atoms with Crippen LogP contribution in [0, 0.1) is 6.92 Å². The number of amides is 1. The van der Waals surface area contributed by atoms with Crippen molar-refractivity contribution in [2.75, 3.05) is 12.4 Å². The highest BCUT2D eigenvalue weighted by molar-refractivity contribution is 7.89. The lowest BCUT2D eigenvalue weighted by Crippen LogP contribution is -2.26. The Kier molecular flexibility index (Phi) is 5.87. The molecular formula is C21H21N3O3S. The molecule has 1 heterocycles. The van der Waals surface area contributed by atoms with Gasteiger partial charge in [0.2, 0.25) is 10.0 Å². The van der Waals surface area contributed by atoms with E-state index in [4.69, 9.17) is 0 Å². The summed E-state index contributed by atoms with van der Waals surface area (Å²) in [5, 5.41) is 2.72. The number of carbonyl (C=O) groups is 1. The smallest absolute Gasteiger partial charge is 0.274 e. The van der Waals surface area contributed by atoms with E-state index < -0.39 is 10.0 Å². The normalized spacial score (nSPS) is 11.4. The molecule has 0 spiro atoms. The van der Waals surface area contributed by atoms with E-state index in [-0.39, 0.29) is 17.3 Å². The van der Waals surface area contributed by atoms with Crippen LogP contribution in [0.15, 0.2) is 77.7 Å². The number of rotatable bonds is 6. The van der Waals surface area contributed by atoms with Crippen molar-refractivity contribution in [3.05, 3.63) is 89.7 Å². The minimum absolute atomic E-state index is 0.164. The second-order valence-corrected chi connectivity index (χ2v) is 8.43. The van der Waals surface area contributed by atoms with E-state index in [0.717, 1.165) is 11.3 Å². The van der Waals surface area contributed by atoms with Crippen molar-refractivity contribution in [1.82, 2.24) is 9.29 Å². The first-order valence-electron chi connectivity index (χ1n) is 8.71. The van der Waals surface area contributed by atoms with Gasteiger partial charge in [-0.3, -0.25) is 4.79 Å². The summed E-state index contributed by atoms with van der Waals surface area (Å²) in [6.07, 6.45) is 0. The first-order chi connectivity index (χ1) is 13.4. The molecule has 0 atom stereocenters. The molecule has 0 aliphatic carbocycles. The molecule has 0 unspecified atom stereocenters. The van der Waals surface area contributed by atoms with Gasteiger partial charge >= 0.3 is 0 Å². The van der Waals surface area contributed by atoms with Crippen LogP contribution in [0.5, 0.6) is 0 Å². The van der Waals surface area contributed by atoms with Gasteiger partial charge in [0.05, 0.1) is 4.90 Å². The summed E-state index contributed by atoms with van der Waals surface area (Å²) in [7, 11) is -2.09. The van der Waals surface area contributed by atoms with Crippen LogP contribution in [-0.2, 0) is 16.6 Å². The van der Waals surface area contributed by atoms with Gasteiger partial charge in [0.15, 0.2) is 0 Å². The minimum Gasteiger partial charge on any atom is -0.321 e.